The fourth-order valence-corrected chi connectivity index (χ4v) is 4.59. The van der Waals surface area contributed by atoms with E-state index < -0.39 is 10.0 Å². The highest BCUT2D eigenvalue weighted by atomic mass is 32.2. The first kappa shape index (κ1) is 20.4. The topological polar surface area (TPSA) is 70.6 Å². The number of hydrogen-bond donors (Lipinski definition) is 0. The highest BCUT2D eigenvalue weighted by Gasteiger charge is 2.26. The Morgan fingerprint density at radius 3 is 2.47 bits per heavy atom. The molecule has 0 N–H and O–H groups in total. The zero-order valence-corrected chi connectivity index (χ0v) is 17.4. The second-order valence-corrected chi connectivity index (χ2v) is 9.37. The number of pyridine rings is 1. The lowest BCUT2D eigenvalue weighted by Crippen LogP contribution is -2.37. The second kappa shape index (κ2) is 8.12. The summed E-state index contributed by atoms with van der Waals surface area (Å²) in [6, 6.07) is 15.1. The summed E-state index contributed by atoms with van der Waals surface area (Å²) in [5, 5.41) is 0.734. The number of rotatable bonds is 3. The maximum absolute atomic E-state index is 13.4. The molecule has 0 radical (unpaired) electrons. The summed E-state index contributed by atoms with van der Waals surface area (Å²) in [6.07, 6.45) is 1.77. The van der Waals surface area contributed by atoms with Crippen LogP contribution in [-0.4, -0.2) is 60.9 Å². The van der Waals surface area contributed by atoms with E-state index in [9.17, 15) is 17.6 Å². The number of carbonyl (C=O) groups excluding carboxylic acids is 1. The van der Waals surface area contributed by atoms with E-state index in [2.05, 4.69) is 4.98 Å². The average molecular weight is 428 g/mol. The Hall–Kier alpha value is -2.84. The van der Waals surface area contributed by atoms with E-state index in [1.54, 1.807) is 23.1 Å². The molecule has 0 bridgehead atoms. The first-order valence-electron chi connectivity index (χ1n) is 9.73. The highest BCUT2D eigenvalue weighted by Crippen LogP contribution is 2.26. The quantitative estimate of drug-likeness (QED) is 0.644. The molecule has 1 aliphatic rings. The Morgan fingerprint density at radius 2 is 1.73 bits per heavy atom. The van der Waals surface area contributed by atoms with E-state index in [4.69, 9.17) is 0 Å². The van der Waals surface area contributed by atoms with Crippen molar-refractivity contribution in [1.82, 2.24) is 14.2 Å². The Kier molecular flexibility index (Phi) is 5.53. The lowest BCUT2D eigenvalue weighted by molar-refractivity contribution is 0.0766. The van der Waals surface area contributed by atoms with Gasteiger partial charge in [0.1, 0.15) is 5.82 Å². The van der Waals surface area contributed by atoms with Crippen LogP contribution in [0.3, 0.4) is 0 Å². The number of amides is 1. The summed E-state index contributed by atoms with van der Waals surface area (Å²) in [5.74, 6) is -0.497. The second-order valence-electron chi connectivity index (χ2n) is 7.39. The van der Waals surface area contributed by atoms with Crippen molar-refractivity contribution in [2.45, 2.75) is 6.42 Å². The summed E-state index contributed by atoms with van der Waals surface area (Å²) in [7, 11) is -3.29. The van der Waals surface area contributed by atoms with Crippen LogP contribution in [0, 0.1) is 5.82 Å². The molecule has 2 aromatic carbocycles. The molecule has 1 aromatic heterocycles. The zero-order valence-electron chi connectivity index (χ0n) is 16.6. The number of benzene rings is 2. The average Bonchev–Trinajstić information content (AvgIpc) is 2.99. The van der Waals surface area contributed by atoms with Crippen molar-refractivity contribution in [3.8, 4) is 11.3 Å². The van der Waals surface area contributed by atoms with Crippen LogP contribution in [0.2, 0.25) is 0 Å². The fraction of sp³-hybridized carbons (Fsp3) is 0.273. The minimum atomic E-state index is -3.29. The monoisotopic (exact) mass is 427 g/mol. The first-order valence-corrected chi connectivity index (χ1v) is 11.6. The Balaban J connectivity index is 1.72. The van der Waals surface area contributed by atoms with Crippen LogP contribution in [-0.2, 0) is 10.0 Å². The van der Waals surface area contributed by atoms with Crippen LogP contribution in [0.25, 0.3) is 22.2 Å². The number of fused-ring (bicyclic) bond motifs is 1. The van der Waals surface area contributed by atoms with Crippen molar-refractivity contribution in [2.75, 3.05) is 32.4 Å². The number of carbonyl (C=O) groups is 1. The molecule has 0 spiro atoms. The minimum absolute atomic E-state index is 0.160. The van der Waals surface area contributed by atoms with Crippen LogP contribution in [0.4, 0.5) is 4.39 Å². The van der Waals surface area contributed by atoms with Crippen LogP contribution in [0.5, 0.6) is 0 Å². The lowest BCUT2D eigenvalue weighted by Gasteiger charge is -2.22. The van der Waals surface area contributed by atoms with Crippen molar-refractivity contribution in [3.63, 3.8) is 0 Å². The summed E-state index contributed by atoms with van der Waals surface area (Å²) in [6.45, 7) is 1.49. The Labute approximate surface area is 175 Å². The van der Waals surface area contributed by atoms with Gasteiger partial charge in [-0.2, -0.15) is 0 Å². The summed E-state index contributed by atoms with van der Waals surface area (Å²) in [5.41, 5.74) is 2.49. The zero-order chi connectivity index (χ0) is 21.3. The molecule has 30 heavy (non-hydrogen) atoms. The summed E-state index contributed by atoms with van der Waals surface area (Å²) in [4.78, 5) is 19.8. The van der Waals surface area contributed by atoms with Gasteiger partial charge in [0, 0.05) is 37.1 Å². The molecule has 0 aliphatic carbocycles. The van der Waals surface area contributed by atoms with Gasteiger partial charge < -0.3 is 4.90 Å². The van der Waals surface area contributed by atoms with Crippen molar-refractivity contribution in [1.29, 1.82) is 0 Å². The SMILES string of the molecule is CS(=O)(=O)N1CCCN(C(=O)c2cc(-c3ccc(F)cc3)nc3ccccc23)CC1. The molecule has 1 aliphatic heterocycles. The van der Waals surface area contributed by atoms with E-state index in [1.165, 1.54) is 22.7 Å². The van der Waals surface area contributed by atoms with Gasteiger partial charge in [-0.3, -0.25) is 4.79 Å². The molecule has 0 atom stereocenters. The molecule has 0 unspecified atom stereocenters. The van der Waals surface area contributed by atoms with Crippen molar-refractivity contribution in [3.05, 3.63) is 66.0 Å². The fourth-order valence-electron chi connectivity index (χ4n) is 3.72. The summed E-state index contributed by atoms with van der Waals surface area (Å²) >= 11 is 0. The third kappa shape index (κ3) is 4.20. The lowest BCUT2D eigenvalue weighted by atomic mass is 10.0. The number of hydrogen-bond acceptors (Lipinski definition) is 4. The predicted octanol–water partition coefficient (Wildman–Crippen LogP) is 3.15. The van der Waals surface area contributed by atoms with Crippen molar-refractivity contribution < 1.29 is 17.6 Å². The van der Waals surface area contributed by atoms with Crippen LogP contribution < -0.4 is 0 Å². The Bertz CT molecular complexity index is 1200. The molecule has 6 nitrogen and oxygen atoms in total. The van der Waals surface area contributed by atoms with Crippen LogP contribution in [0.15, 0.2) is 54.6 Å². The number of para-hydroxylation sites is 1. The molecule has 1 saturated heterocycles. The number of nitrogens with zero attached hydrogens (tertiary/aromatic N) is 3. The van der Waals surface area contributed by atoms with Gasteiger partial charge in [-0.15, -0.1) is 0 Å². The molecule has 4 rings (SSSR count). The number of halogens is 1. The normalized spacial score (nSPS) is 15.9. The first-order chi connectivity index (χ1) is 14.3. The van der Waals surface area contributed by atoms with Gasteiger partial charge in [-0.1, -0.05) is 18.2 Å². The van der Waals surface area contributed by atoms with Crippen LogP contribution in [0.1, 0.15) is 16.8 Å². The van der Waals surface area contributed by atoms with Crippen LogP contribution >= 0.6 is 0 Å². The molecule has 0 saturated carbocycles. The third-order valence-electron chi connectivity index (χ3n) is 5.30. The predicted molar refractivity (Wildman–Crippen MR) is 114 cm³/mol. The minimum Gasteiger partial charge on any atom is -0.337 e. The van der Waals surface area contributed by atoms with Gasteiger partial charge in [0.05, 0.1) is 23.0 Å². The largest absolute Gasteiger partial charge is 0.337 e. The smallest absolute Gasteiger partial charge is 0.254 e. The van der Waals surface area contributed by atoms with Gasteiger partial charge in [0.2, 0.25) is 10.0 Å². The maximum Gasteiger partial charge on any atom is 0.254 e. The Morgan fingerprint density at radius 1 is 1.00 bits per heavy atom. The van der Waals surface area contributed by atoms with E-state index in [-0.39, 0.29) is 18.3 Å². The highest BCUT2D eigenvalue weighted by molar-refractivity contribution is 7.88. The molecular weight excluding hydrogens is 405 g/mol. The van der Waals surface area contributed by atoms with Gasteiger partial charge in [0.15, 0.2) is 0 Å². The van der Waals surface area contributed by atoms with E-state index in [0.29, 0.717) is 42.8 Å². The molecule has 2 heterocycles. The molecule has 8 heteroatoms. The van der Waals surface area contributed by atoms with Gasteiger partial charge in [0.25, 0.3) is 5.91 Å². The van der Waals surface area contributed by atoms with Crippen molar-refractivity contribution >= 4 is 26.8 Å². The van der Waals surface area contributed by atoms with Gasteiger partial charge in [-0.05, 0) is 42.8 Å². The van der Waals surface area contributed by atoms with E-state index >= 15 is 0 Å². The molecule has 3 aromatic rings. The van der Waals surface area contributed by atoms with Crippen molar-refractivity contribution in [2.24, 2.45) is 0 Å². The number of sulfonamides is 1. The van der Waals surface area contributed by atoms with Gasteiger partial charge in [-0.25, -0.2) is 22.1 Å². The standard InChI is InChI=1S/C22H22FN3O3S/c1-30(28,29)26-12-4-11-25(13-14-26)22(27)19-15-21(16-7-9-17(23)10-8-16)24-20-6-3-2-5-18(19)20/h2-3,5-10,15H,4,11-14H2,1H3. The molecular formula is C22H22FN3O3S. The molecule has 1 amide bonds. The van der Waals surface area contributed by atoms with Gasteiger partial charge >= 0.3 is 0 Å². The number of aromatic nitrogens is 1. The molecule has 156 valence electrons. The maximum atomic E-state index is 13.4. The third-order valence-corrected chi connectivity index (χ3v) is 6.60. The van der Waals surface area contributed by atoms with E-state index in [0.717, 1.165) is 10.9 Å². The van der Waals surface area contributed by atoms with E-state index in [1.807, 2.05) is 24.3 Å². The molecule has 1 fully saturated rings. The summed E-state index contributed by atoms with van der Waals surface area (Å²) < 4.78 is 38.5.